The summed E-state index contributed by atoms with van der Waals surface area (Å²) in [4.78, 5) is 0. The summed E-state index contributed by atoms with van der Waals surface area (Å²) >= 11 is 6.19. The summed E-state index contributed by atoms with van der Waals surface area (Å²) in [6, 6.07) is 10.6. The molecule has 2 aromatic rings. The summed E-state index contributed by atoms with van der Waals surface area (Å²) in [5, 5.41) is 8.03. The predicted molar refractivity (Wildman–Crippen MR) is 70.6 cm³/mol. The maximum Gasteiger partial charge on any atom is 0.150 e. The van der Waals surface area contributed by atoms with E-state index >= 15 is 0 Å². The van der Waals surface area contributed by atoms with Crippen molar-refractivity contribution in [1.82, 2.24) is 10.5 Å². The summed E-state index contributed by atoms with van der Waals surface area (Å²) in [5.74, 6) is 1.47. The molecule has 1 aliphatic carbocycles. The maximum absolute atomic E-state index is 6.19. The van der Waals surface area contributed by atoms with Gasteiger partial charge in [-0.05, 0) is 30.4 Å². The summed E-state index contributed by atoms with van der Waals surface area (Å²) in [7, 11) is 0. The summed E-state index contributed by atoms with van der Waals surface area (Å²) < 4.78 is 5.05. The molecule has 0 unspecified atom stereocenters. The van der Waals surface area contributed by atoms with Crippen molar-refractivity contribution in [3.63, 3.8) is 0 Å². The van der Waals surface area contributed by atoms with Gasteiger partial charge < -0.3 is 9.84 Å². The van der Waals surface area contributed by atoms with E-state index < -0.39 is 0 Å². The number of aromatic nitrogens is 1. The monoisotopic (exact) mass is 262 g/mol. The van der Waals surface area contributed by atoms with Crippen LogP contribution >= 0.6 is 11.6 Å². The van der Waals surface area contributed by atoms with Gasteiger partial charge in [-0.15, -0.1) is 0 Å². The zero-order valence-corrected chi connectivity index (χ0v) is 10.7. The van der Waals surface area contributed by atoms with Crippen LogP contribution < -0.4 is 5.32 Å². The fourth-order valence-electron chi connectivity index (χ4n) is 2.42. The Kier molecular flexibility index (Phi) is 3.35. The van der Waals surface area contributed by atoms with E-state index in [9.17, 15) is 0 Å². The molecule has 1 aromatic heterocycles. The van der Waals surface area contributed by atoms with Crippen LogP contribution in [0, 0.1) is 0 Å². The molecule has 0 radical (unpaired) electrons. The van der Waals surface area contributed by atoms with Crippen molar-refractivity contribution in [2.75, 3.05) is 0 Å². The lowest BCUT2D eigenvalue weighted by atomic mass is 9.76. The number of hydrogen-bond acceptors (Lipinski definition) is 3. The first kappa shape index (κ1) is 11.8. The quantitative estimate of drug-likeness (QED) is 0.918. The molecule has 0 spiro atoms. The van der Waals surface area contributed by atoms with Crippen LogP contribution in [-0.4, -0.2) is 11.2 Å². The van der Waals surface area contributed by atoms with E-state index in [0.717, 1.165) is 30.2 Å². The molecule has 3 rings (SSSR count). The fraction of sp³-hybridized carbons (Fsp3) is 0.357. The molecule has 3 nitrogen and oxygen atoms in total. The van der Waals surface area contributed by atoms with Crippen LogP contribution in [0.25, 0.3) is 0 Å². The molecule has 0 bridgehead atoms. The number of nitrogens with zero attached hydrogens (tertiary/aromatic N) is 1. The third kappa shape index (κ3) is 2.42. The molecule has 0 aliphatic heterocycles. The molecule has 1 saturated carbocycles. The first-order valence-electron chi connectivity index (χ1n) is 6.20. The Hall–Kier alpha value is -1.32. The van der Waals surface area contributed by atoms with E-state index in [2.05, 4.69) is 22.6 Å². The maximum atomic E-state index is 6.19. The van der Waals surface area contributed by atoms with Crippen molar-refractivity contribution in [2.24, 2.45) is 0 Å². The van der Waals surface area contributed by atoms with Gasteiger partial charge in [0.2, 0.25) is 0 Å². The zero-order chi connectivity index (χ0) is 12.4. The molecule has 1 aliphatic rings. The van der Waals surface area contributed by atoms with Crippen LogP contribution in [0.2, 0.25) is 5.02 Å². The average Bonchev–Trinajstić information content (AvgIpc) is 2.82. The second-order valence-corrected chi connectivity index (χ2v) is 5.15. The minimum absolute atomic E-state index is 0.552. The summed E-state index contributed by atoms with van der Waals surface area (Å²) in [6.07, 6.45) is 3.94. The SMILES string of the molecule is Clc1ccccc1C1CC(NCc2ccno2)C1. The largest absolute Gasteiger partial charge is 0.360 e. The van der Waals surface area contributed by atoms with E-state index in [1.807, 2.05) is 18.2 Å². The normalized spacial score (nSPS) is 22.7. The highest BCUT2D eigenvalue weighted by Crippen LogP contribution is 2.39. The highest BCUT2D eigenvalue weighted by molar-refractivity contribution is 6.31. The minimum Gasteiger partial charge on any atom is -0.360 e. The van der Waals surface area contributed by atoms with E-state index in [0.29, 0.717) is 12.0 Å². The molecule has 1 aromatic carbocycles. The summed E-state index contributed by atoms with van der Waals surface area (Å²) in [5.41, 5.74) is 1.27. The van der Waals surface area contributed by atoms with Gasteiger partial charge in [0.05, 0.1) is 12.7 Å². The lowest BCUT2D eigenvalue weighted by Crippen LogP contribution is -2.39. The third-order valence-corrected chi connectivity index (χ3v) is 3.88. The van der Waals surface area contributed by atoms with Crippen LogP contribution in [0.4, 0.5) is 0 Å². The van der Waals surface area contributed by atoms with Gasteiger partial charge in [0.25, 0.3) is 0 Å². The Bertz CT molecular complexity index is 506. The van der Waals surface area contributed by atoms with E-state index in [1.54, 1.807) is 6.20 Å². The van der Waals surface area contributed by atoms with E-state index in [-0.39, 0.29) is 0 Å². The molecule has 94 valence electrons. The van der Waals surface area contributed by atoms with Crippen molar-refractivity contribution in [1.29, 1.82) is 0 Å². The van der Waals surface area contributed by atoms with Crippen molar-refractivity contribution < 1.29 is 4.52 Å². The molecule has 1 N–H and O–H groups in total. The van der Waals surface area contributed by atoms with Gasteiger partial charge in [-0.2, -0.15) is 0 Å². The molecule has 1 heterocycles. The van der Waals surface area contributed by atoms with Gasteiger partial charge in [-0.3, -0.25) is 0 Å². The van der Waals surface area contributed by atoms with Crippen molar-refractivity contribution in [3.8, 4) is 0 Å². The Morgan fingerprint density at radius 1 is 1.28 bits per heavy atom. The minimum atomic E-state index is 0.552. The topological polar surface area (TPSA) is 38.1 Å². The Morgan fingerprint density at radius 2 is 2.11 bits per heavy atom. The zero-order valence-electron chi connectivity index (χ0n) is 9.97. The van der Waals surface area contributed by atoms with E-state index in [1.165, 1.54) is 5.56 Å². The first-order chi connectivity index (χ1) is 8.83. The van der Waals surface area contributed by atoms with Crippen LogP contribution in [0.5, 0.6) is 0 Å². The molecular weight excluding hydrogens is 248 g/mol. The molecule has 0 atom stereocenters. The van der Waals surface area contributed by atoms with E-state index in [4.69, 9.17) is 16.1 Å². The molecule has 0 amide bonds. The lowest BCUT2D eigenvalue weighted by Gasteiger charge is -2.36. The predicted octanol–water partition coefficient (Wildman–Crippen LogP) is 3.36. The number of rotatable bonds is 4. The fourth-order valence-corrected chi connectivity index (χ4v) is 2.71. The highest BCUT2D eigenvalue weighted by Gasteiger charge is 2.31. The van der Waals surface area contributed by atoms with Crippen LogP contribution in [0.3, 0.4) is 0 Å². The van der Waals surface area contributed by atoms with Crippen LogP contribution in [0.15, 0.2) is 41.1 Å². The standard InChI is InChI=1S/C14H15ClN2O/c15-14-4-2-1-3-13(14)10-7-11(8-10)16-9-12-5-6-17-18-12/h1-6,10-11,16H,7-9H2. The Morgan fingerprint density at radius 3 is 2.83 bits per heavy atom. The number of nitrogens with one attached hydrogen (secondary N) is 1. The van der Waals surface area contributed by atoms with Gasteiger partial charge in [0.15, 0.2) is 0 Å². The second-order valence-electron chi connectivity index (χ2n) is 4.75. The molecule has 0 saturated heterocycles. The van der Waals surface area contributed by atoms with Gasteiger partial charge in [-0.25, -0.2) is 0 Å². The lowest BCUT2D eigenvalue weighted by molar-refractivity contribution is 0.274. The van der Waals surface area contributed by atoms with Crippen molar-refractivity contribution >= 4 is 11.6 Å². The number of halogens is 1. The Labute approximate surface area is 111 Å². The van der Waals surface area contributed by atoms with Gasteiger partial charge in [-0.1, -0.05) is 35.0 Å². The van der Waals surface area contributed by atoms with Gasteiger partial charge >= 0.3 is 0 Å². The molecule has 1 fully saturated rings. The van der Waals surface area contributed by atoms with Crippen LogP contribution in [0.1, 0.15) is 30.1 Å². The van der Waals surface area contributed by atoms with Crippen molar-refractivity contribution in [3.05, 3.63) is 52.9 Å². The van der Waals surface area contributed by atoms with Gasteiger partial charge in [0.1, 0.15) is 5.76 Å². The third-order valence-electron chi connectivity index (χ3n) is 3.54. The summed E-state index contributed by atoms with van der Waals surface area (Å²) in [6.45, 7) is 0.750. The van der Waals surface area contributed by atoms with Crippen LogP contribution in [-0.2, 0) is 6.54 Å². The smallest absolute Gasteiger partial charge is 0.150 e. The Balaban J connectivity index is 1.50. The first-order valence-corrected chi connectivity index (χ1v) is 6.58. The number of benzene rings is 1. The molecule has 18 heavy (non-hydrogen) atoms. The highest BCUT2D eigenvalue weighted by atomic mass is 35.5. The molecule has 4 heteroatoms. The van der Waals surface area contributed by atoms with Crippen molar-refractivity contribution in [2.45, 2.75) is 31.3 Å². The van der Waals surface area contributed by atoms with Gasteiger partial charge in [0, 0.05) is 17.1 Å². The second kappa shape index (κ2) is 5.12. The molecular formula is C14H15ClN2O. The number of hydrogen-bond donors (Lipinski definition) is 1. The average molecular weight is 263 g/mol.